The SMILES string of the molecule is CC(C)Oc1cccc(/C=C/C(=O)Nc2cc([N+](=O)[O-])ccc2Br)c1. The highest BCUT2D eigenvalue weighted by molar-refractivity contribution is 9.10. The van der Waals surface area contributed by atoms with E-state index in [0.717, 1.165) is 11.3 Å². The third-order valence-electron chi connectivity index (χ3n) is 3.08. The molecule has 1 N–H and O–H groups in total. The molecule has 0 fully saturated rings. The maximum Gasteiger partial charge on any atom is 0.271 e. The molecule has 130 valence electrons. The van der Waals surface area contributed by atoms with Crippen LogP contribution in [0.5, 0.6) is 5.75 Å². The molecule has 7 heteroatoms. The van der Waals surface area contributed by atoms with Gasteiger partial charge in [0.05, 0.1) is 16.7 Å². The Morgan fingerprint density at radius 1 is 1.28 bits per heavy atom. The molecule has 6 nitrogen and oxygen atoms in total. The Balaban J connectivity index is 2.09. The van der Waals surface area contributed by atoms with Gasteiger partial charge in [-0.2, -0.15) is 0 Å². The summed E-state index contributed by atoms with van der Waals surface area (Å²) in [6.45, 7) is 3.87. The number of nitro groups is 1. The largest absolute Gasteiger partial charge is 0.491 e. The zero-order chi connectivity index (χ0) is 18.4. The molecule has 0 radical (unpaired) electrons. The second-order valence-corrected chi connectivity index (χ2v) is 6.34. The molecule has 0 unspecified atom stereocenters. The van der Waals surface area contributed by atoms with Crippen molar-refractivity contribution in [3.05, 3.63) is 68.7 Å². The van der Waals surface area contributed by atoms with E-state index in [4.69, 9.17) is 4.74 Å². The van der Waals surface area contributed by atoms with E-state index in [9.17, 15) is 14.9 Å². The van der Waals surface area contributed by atoms with E-state index in [2.05, 4.69) is 21.2 Å². The summed E-state index contributed by atoms with van der Waals surface area (Å²) in [5, 5.41) is 13.4. The molecule has 0 saturated heterocycles. The minimum absolute atomic E-state index is 0.0637. The van der Waals surface area contributed by atoms with Crippen LogP contribution in [0.15, 0.2) is 53.0 Å². The van der Waals surface area contributed by atoms with E-state index in [1.54, 1.807) is 6.08 Å². The number of carbonyl (C=O) groups excluding carboxylic acids is 1. The van der Waals surface area contributed by atoms with Crippen LogP contribution in [-0.4, -0.2) is 16.9 Å². The molecular formula is C18H17BrN2O4. The second-order valence-electron chi connectivity index (χ2n) is 5.48. The topological polar surface area (TPSA) is 81.5 Å². The zero-order valence-corrected chi connectivity index (χ0v) is 15.3. The minimum Gasteiger partial charge on any atom is -0.491 e. The Labute approximate surface area is 153 Å². The zero-order valence-electron chi connectivity index (χ0n) is 13.7. The average Bonchev–Trinajstić information content (AvgIpc) is 2.54. The van der Waals surface area contributed by atoms with E-state index in [-0.39, 0.29) is 11.8 Å². The predicted octanol–water partition coefficient (Wildman–Crippen LogP) is 4.80. The number of non-ortho nitro benzene ring substituents is 1. The number of ether oxygens (including phenoxy) is 1. The van der Waals surface area contributed by atoms with Gasteiger partial charge in [-0.05, 0) is 59.6 Å². The first-order valence-electron chi connectivity index (χ1n) is 7.55. The number of nitrogens with zero attached hydrogens (tertiary/aromatic N) is 1. The van der Waals surface area contributed by atoms with Crippen molar-refractivity contribution in [3.63, 3.8) is 0 Å². The van der Waals surface area contributed by atoms with Gasteiger partial charge in [0.1, 0.15) is 5.75 Å². The van der Waals surface area contributed by atoms with Gasteiger partial charge >= 0.3 is 0 Å². The van der Waals surface area contributed by atoms with Gasteiger partial charge in [-0.1, -0.05) is 12.1 Å². The first-order valence-corrected chi connectivity index (χ1v) is 8.34. The van der Waals surface area contributed by atoms with Crippen LogP contribution in [0, 0.1) is 10.1 Å². The van der Waals surface area contributed by atoms with E-state index in [0.29, 0.717) is 10.2 Å². The van der Waals surface area contributed by atoms with Gasteiger partial charge in [-0.15, -0.1) is 0 Å². The maximum absolute atomic E-state index is 12.1. The number of halogens is 1. The molecule has 2 aromatic carbocycles. The fourth-order valence-electron chi connectivity index (χ4n) is 2.03. The number of carbonyl (C=O) groups is 1. The van der Waals surface area contributed by atoms with E-state index >= 15 is 0 Å². The van der Waals surface area contributed by atoms with Gasteiger partial charge in [0.15, 0.2) is 0 Å². The molecular weight excluding hydrogens is 388 g/mol. The number of hydrogen-bond donors (Lipinski definition) is 1. The summed E-state index contributed by atoms with van der Waals surface area (Å²) in [5.41, 5.74) is 1.05. The monoisotopic (exact) mass is 404 g/mol. The highest BCUT2D eigenvalue weighted by Crippen LogP contribution is 2.27. The van der Waals surface area contributed by atoms with Gasteiger partial charge in [-0.3, -0.25) is 14.9 Å². The van der Waals surface area contributed by atoms with Crippen LogP contribution in [-0.2, 0) is 4.79 Å². The van der Waals surface area contributed by atoms with Crippen molar-refractivity contribution in [3.8, 4) is 5.75 Å². The van der Waals surface area contributed by atoms with E-state index in [1.807, 2.05) is 38.1 Å². The van der Waals surface area contributed by atoms with Crippen LogP contribution in [0.4, 0.5) is 11.4 Å². The predicted molar refractivity (Wildman–Crippen MR) is 101 cm³/mol. The van der Waals surface area contributed by atoms with Gasteiger partial charge in [0.2, 0.25) is 5.91 Å². The Bertz CT molecular complexity index is 818. The van der Waals surface area contributed by atoms with Crippen LogP contribution in [0.2, 0.25) is 0 Å². The summed E-state index contributed by atoms with van der Waals surface area (Å²) in [6, 6.07) is 11.5. The van der Waals surface area contributed by atoms with Gasteiger partial charge in [0.25, 0.3) is 5.69 Å². The molecule has 2 aromatic rings. The number of nitrogens with one attached hydrogen (secondary N) is 1. The summed E-state index contributed by atoms with van der Waals surface area (Å²) in [6.07, 6.45) is 3.07. The minimum atomic E-state index is -0.516. The van der Waals surface area contributed by atoms with Crippen molar-refractivity contribution in [2.24, 2.45) is 0 Å². The van der Waals surface area contributed by atoms with Crippen molar-refractivity contribution in [1.82, 2.24) is 0 Å². The number of benzene rings is 2. The van der Waals surface area contributed by atoms with Crippen molar-refractivity contribution < 1.29 is 14.5 Å². The average molecular weight is 405 g/mol. The molecule has 0 aromatic heterocycles. The number of hydrogen-bond acceptors (Lipinski definition) is 4. The van der Waals surface area contributed by atoms with E-state index in [1.165, 1.54) is 24.3 Å². The maximum atomic E-state index is 12.1. The molecule has 2 rings (SSSR count). The molecule has 0 aliphatic heterocycles. The molecule has 0 atom stereocenters. The molecule has 0 aliphatic rings. The van der Waals surface area contributed by atoms with Crippen molar-refractivity contribution in [1.29, 1.82) is 0 Å². The normalized spacial score (nSPS) is 10.9. The molecule has 25 heavy (non-hydrogen) atoms. The highest BCUT2D eigenvalue weighted by atomic mass is 79.9. The van der Waals surface area contributed by atoms with Crippen molar-refractivity contribution in [2.75, 3.05) is 5.32 Å². The third-order valence-corrected chi connectivity index (χ3v) is 3.77. The molecule has 1 amide bonds. The van der Waals surface area contributed by atoms with Crippen LogP contribution in [0.25, 0.3) is 6.08 Å². The van der Waals surface area contributed by atoms with Gasteiger partial charge < -0.3 is 10.1 Å². The van der Waals surface area contributed by atoms with Crippen LogP contribution in [0.3, 0.4) is 0 Å². The highest BCUT2D eigenvalue weighted by Gasteiger charge is 2.10. The summed E-state index contributed by atoms with van der Waals surface area (Å²) >= 11 is 3.26. The summed E-state index contributed by atoms with van der Waals surface area (Å²) in [4.78, 5) is 22.4. The Morgan fingerprint density at radius 2 is 2.04 bits per heavy atom. The number of amides is 1. The summed E-state index contributed by atoms with van der Waals surface area (Å²) in [7, 11) is 0. The van der Waals surface area contributed by atoms with Crippen molar-refractivity contribution >= 4 is 39.3 Å². The molecule has 0 heterocycles. The molecule has 0 bridgehead atoms. The molecule has 0 aliphatic carbocycles. The van der Waals surface area contributed by atoms with Crippen LogP contribution < -0.4 is 10.1 Å². The fraction of sp³-hybridized carbons (Fsp3) is 0.167. The van der Waals surface area contributed by atoms with Gasteiger partial charge in [-0.25, -0.2) is 0 Å². The second kappa shape index (κ2) is 8.43. The smallest absolute Gasteiger partial charge is 0.271 e. The lowest BCUT2D eigenvalue weighted by Gasteiger charge is -2.09. The van der Waals surface area contributed by atoms with Gasteiger partial charge in [0, 0.05) is 22.7 Å². The number of anilines is 1. The fourth-order valence-corrected chi connectivity index (χ4v) is 2.38. The lowest BCUT2D eigenvalue weighted by molar-refractivity contribution is -0.384. The van der Waals surface area contributed by atoms with Crippen LogP contribution >= 0.6 is 15.9 Å². The summed E-state index contributed by atoms with van der Waals surface area (Å²) < 4.78 is 6.17. The number of rotatable bonds is 6. The molecule has 0 saturated carbocycles. The summed E-state index contributed by atoms with van der Waals surface area (Å²) in [5.74, 6) is 0.329. The quantitative estimate of drug-likeness (QED) is 0.425. The lowest BCUT2D eigenvalue weighted by Crippen LogP contribution is -2.08. The Morgan fingerprint density at radius 3 is 2.72 bits per heavy atom. The van der Waals surface area contributed by atoms with Crippen molar-refractivity contribution in [2.45, 2.75) is 20.0 Å². The van der Waals surface area contributed by atoms with Crippen LogP contribution in [0.1, 0.15) is 19.4 Å². The number of nitro benzene ring substituents is 1. The van der Waals surface area contributed by atoms with E-state index < -0.39 is 10.8 Å². The first-order chi connectivity index (χ1) is 11.8. The Hall–Kier alpha value is -2.67. The first kappa shape index (κ1) is 18.7. The Kier molecular flexibility index (Phi) is 6.30. The standard InChI is InChI=1S/C18H17BrN2O4/c1-12(2)25-15-5-3-4-13(10-15)6-9-18(22)20-17-11-14(21(23)24)7-8-16(17)19/h3-12H,1-2H3,(H,20,22)/b9-6+. The molecule has 0 spiro atoms. The lowest BCUT2D eigenvalue weighted by atomic mass is 10.2. The third kappa shape index (κ3) is 5.72.